The lowest BCUT2D eigenvalue weighted by atomic mass is 9.90. The standard InChI is InChI=1S/C9H11N3O2/c1-5-4-6-10-7(13)9(2,3)8(14)12(6)11-5/h4H,1-3H3,(H,10,13). The normalized spacial score (nSPS) is 19.1. The van der Waals surface area contributed by atoms with E-state index in [2.05, 4.69) is 10.4 Å². The summed E-state index contributed by atoms with van der Waals surface area (Å²) < 4.78 is 1.25. The first-order chi connectivity index (χ1) is 6.43. The maximum absolute atomic E-state index is 11.8. The summed E-state index contributed by atoms with van der Waals surface area (Å²) >= 11 is 0. The first-order valence-corrected chi connectivity index (χ1v) is 4.36. The van der Waals surface area contributed by atoms with E-state index in [4.69, 9.17) is 0 Å². The first-order valence-electron chi connectivity index (χ1n) is 4.36. The topological polar surface area (TPSA) is 64.0 Å². The molecule has 2 rings (SSSR count). The van der Waals surface area contributed by atoms with Crippen LogP contribution in [0.3, 0.4) is 0 Å². The summed E-state index contributed by atoms with van der Waals surface area (Å²) in [6, 6.07) is 1.67. The number of aryl methyl sites for hydroxylation is 1. The van der Waals surface area contributed by atoms with Gasteiger partial charge >= 0.3 is 0 Å². The molecule has 0 atom stereocenters. The smallest absolute Gasteiger partial charge is 0.263 e. The zero-order chi connectivity index (χ0) is 10.5. The van der Waals surface area contributed by atoms with Crippen LogP contribution in [-0.4, -0.2) is 21.6 Å². The summed E-state index contributed by atoms with van der Waals surface area (Å²) in [5.74, 6) is -0.115. The monoisotopic (exact) mass is 193 g/mol. The number of rotatable bonds is 0. The third kappa shape index (κ3) is 0.982. The highest BCUT2D eigenvalue weighted by molar-refractivity contribution is 6.14. The Morgan fingerprint density at radius 3 is 2.71 bits per heavy atom. The number of carbonyl (C=O) groups is 2. The van der Waals surface area contributed by atoms with Gasteiger partial charge in [0.2, 0.25) is 5.91 Å². The van der Waals surface area contributed by atoms with Crippen LogP contribution in [0.2, 0.25) is 0 Å². The predicted octanol–water partition coefficient (Wildman–Crippen LogP) is 0.810. The molecule has 1 aromatic heterocycles. The summed E-state index contributed by atoms with van der Waals surface area (Å²) in [7, 11) is 0. The third-order valence-electron chi connectivity index (χ3n) is 2.37. The second-order valence-corrected chi connectivity index (χ2v) is 3.97. The van der Waals surface area contributed by atoms with Gasteiger partial charge in [0, 0.05) is 6.07 Å². The van der Waals surface area contributed by atoms with Crippen molar-refractivity contribution in [3.8, 4) is 0 Å². The number of hydrogen-bond acceptors (Lipinski definition) is 3. The average Bonchev–Trinajstić information content (AvgIpc) is 2.43. The molecule has 5 nitrogen and oxygen atoms in total. The minimum absolute atomic E-state index is 0.282. The Balaban J connectivity index is 2.60. The van der Waals surface area contributed by atoms with Gasteiger partial charge in [0.1, 0.15) is 11.2 Å². The number of aromatic nitrogens is 2. The van der Waals surface area contributed by atoms with E-state index in [9.17, 15) is 9.59 Å². The van der Waals surface area contributed by atoms with E-state index in [-0.39, 0.29) is 11.8 Å². The van der Waals surface area contributed by atoms with Crippen LogP contribution in [0.4, 0.5) is 5.82 Å². The van der Waals surface area contributed by atoms with Gasteiger partial charge in [0.05, 0.1) is 5.69 Å². The van der Waals surface area contributed by atoms with Crippen molar-refractivity contribution in [1.82, 2.24) is 9.78 Å². The number of hydrogen-bond donors (Lipinski definition) is 1. The molecule has 1 amide bonds. The Morgan fingerprint density at radius 2 is 2.07 bits per heavy atom. The number of carbonyl (C=O) groups excluding carboxylic acids is 2. The van der Waals surface area contributed by atoms with Crippen LogP contribution in [-0.2, 0) is 4.79 Å². The van der Waals surface area contributed by atoms with Gasteiger partial charge in [-0.25, -0.2) is 0 Å². The van der Waals surface area contributed by atoms with E-state index >= 15 is 0 Å². The summed E-state index contributed by atoms with van der Waals surface area (Å²) in [6.07, 6.45) is 0. The third-order valence-corrected chi connectivity index (χ3v) is 2.37. The number of nitrogens with one attached hydrogen (secondary N) is 1. The molecule has 0 aromatic carbocycles. The molecular weight excluding hydrogens is 182 g/mol. The van der Waals surface area contributed by atoms with Crippen molar-refractivity contribution < 1.29 is 9.59 Å². The fourth-order valence-corrected chi connectivity index (χ4v) is 1.38. The zero-order valence-electron chi connectivity index (χ0n) is 8.29. The highest BCUT2D eigenvalue weighted by Gasteiger charge is 2.42. The van der Waals surface area contributed by atoms with Crippen LogP contribution in [0.15, 0.2) is 6.07 Å². The molecule has 1 aromatic rings. The minimum Gasteiger partial charge on any atom is -0.310 e. The lowest BCUT2D eigenvalue weighted by Crippen LogP contribution is -2.46. The molecule has 0 unspecified atom stereocenters. The Labute approximate surface area is 81.1 Å². The summed E-state index contributed by atoms with van der Waals surface area (Å²) in [5.41, 5.74) is -0.322. The highest BCUT2D eigenvalue weighted by atomic mass is 16.2. The second-order valence-electron chi connectivity index (χ2n) is 3.97. The molecule has 0 saturated carbocycles. The van der Waals surface area contributed by atoms with E-state index in [1.165, 1.54) is 4.68 Å². The summed E-state index contributed by atoms with van der Waals surface area (Å²) in [5, 5.41) is 6.66. The Kier molecular flexibility index (Phi) is 1.55. The van der Waals surface area contributed by atoms with Gasteiger partial charge < -0.3 is 5.32 Å². The molecule has 1 N–H and O–H groups in total. The minimum atomic E-state index is -1.04. The highest BCUT2D eigenvalue weighted by Crippen LogP contribution is 2.27. The van der Waals surface area contributed by atoms with Gasteiger partial charge in [-0.05, 0) is 20.8 Å². The van der Waals surface area contributed by atoms with Crippen LogP contribution in [0, 0.1) is 12.3 Å². The number of amides is 1. The van der Waals surface area contributed by atoms with Crippen molar-refractivity contribution in [3.63, 3.8) is 0 Å². The van der Waals surface area contributed by atoms with Gasteiger partial charge in [-0.3, -0.25) is 9.59 Å². The Morgan fingerprint density at radius 1 is 1.43 bits per heavy atom. The first kappa shape index (κ1) is 8.93. The molecule has 2 heterocycles. The van der Waals surface area contributed by atoms with Gasteiger partial charge in [-0.1, -0.05) is 0 Å². The van der Waals surface area contributed by atoms with Crippen molar-refractivity contribution in [2.24, 2.45) is 5.41 Å². The lowest BCUT2D eigenvalue weighted by Gasteiger charge is -2.27. The van der Waals surface area contributed by atoms with Crippen molar-refractivity contribution in [1.29, 1.82) is 0 Å². The molecular formula is C9H11N3O2. The predicted molar refractivity (Wildman–Crippen MR) is 50.0 cm³/mol. The van der Waals surface area contributed by atoms with Crippen LogP contribution in [0.1, 0.15) is 24.3 Å². The molecule has 0 saturated heterocycles. The van der Waals surface area contributed by atoms with Crippen LogP contribution >= 0.6 is 0 Å². The van der Waals surface area contributed by atoms with E-state index in [0.717, 1.165) is 0 Å². The van der Waals surface area contributed by atoms with Crippen molar-refractivity contribution in [2.45, 2.75) is 20.8 Å². The number of nitrogens with zero attached hydrogens (tertiary/aromatic N) is 2. The zero-order valence-corrected chi connectivity index (χ0v) is 8.29. The summed E-state index contributed by atoms with van der Waals surface area (Å²) in [4.78, 5) is 23.3. The van der Waals surface area contributed by atoms with E-state index in [1.54, 1.807) is 26.8 Å². The molecule has 5 heteroatoms. The largest absolute Gasteiger partial charge is 0.310 e. The molecule has 14 heavy (non-hydrogen) atoms. The lowest BCUT2D eigenvalue weighted by molar-refractivity contribution is -0.122. The van der Waals surface area contributed by atoms with Gasteiger partial charge in [0.15, 0.2) is 0 Å². The van der Waals surface area contributed by atoms with Crippen LogP contribution in [0.25, 0.3) is 0 Å². The maximum Gasteiger partial charge on any atom is 0.263 e. The molecule has 0 spiro atoms. The molecule has 1 aliphatic rings. The van der Waals surface area contributed by atoms with Crippen LogP contribution < -0.4 is 5.32 Å². The number of fused-ring (bicyclic) bond motifs is 1. The van der Waals surface area contributed by atoms with Gasteiger partial charge in [0.25, 0.3) is 5.91 Å². The molecule has 0 aliphatic carbocycles. The van der Waals surface area contributed by atoms with E-state index in [0.29, 0.717) is 11.5 Å². The fraction of sp³-hybridized carbons (Fsp3) is 0.444. The fourth-order valence-electron chi connectivity index (χ4n) is 1.38. The summed E-state index contributed by atoms with van der Waals surface area (Å²) in [6.45, 7) is 4.95. The Bertz CT molecular complexity index is 431. The van der Waals surface area contributed by atoms with Crippen molar-refractivity contribution >= 4 is 17.6 Å². The quantitative estimate of drug-likeness (QED) is 0.620. The van der Waals surface area contributed by atoms with Crippen molar-refractivity contribution in [3.05, 3.63) is 11.8 Å². The Hall–Kier alpha value is -1.65. The van der Waals surface area contributed by atoms with Gasteiger partial charge in [-0.2, -0.15) is 9.78 Å². The van der Waals surface area contributed by atoms with E-state index in [1.807, 2.05) is 0 Å². The SMILES string of the molecule is Cc1cc2n(n1)C(=O)C(C)(C)C(=O)N2. The number of anilines is 1. The van der Waals surface area contributed by atoms with Crippen LogP contribution in [0.5, 0.6) is 0 Å². The van der Waals surface area contributed by atoms with Gasteiger partial charge in [-0.15, -0.1) is 0 Å². The maximum atomic E-state index is 11.8. The molecule has 0 fully saturated rings. The molecule has 74 valence electrons. The van der Waals surface area contributed by atoms with E-state index < -0.39 is 5.41 Å². The molecule has 1 aliphatic heterocycles. The molecule has 0 radical (unpaired) electrons. The second kappa shape index (κ2) is 2.43. The average molecular weight is 193 g/mol. The molecule has 0 bridgehead atoms. The van der Waals surface area contributed by atoms with Crippen molar-refractivity contribution in [2.75, 3.05) is 5.32 Å².